The van der Waals surface area contributed by atoms with E-state index in [4.69, 9.17) is 5.26 Å². The fourth-order valence-corrected chi connectivity index (χ4v) is 2.81. The van der Waals surface area contributed by atoms with E-state index in [2.05, 4.69) is 30.0 Å². The maximum atomic E-state index is 9.07. The van der Waals surface area contributed by atoms with Crippen LogP contribution in [-0.4, -0.2) is 50.1 Å². The second-order valence-corrected chi connectivity index (χ2v) is 6.17. The first-order valence-electron chi connectivity index (χ1n) is 6.92. The molecule has 2 fully saturated rings. The second kappa shape index (κ2) is 5.37. The van der Waals surface area contributed by atoms with Crippen molar-refractivity contribution in [1.29, 1.82) is 5.26 Å². The minimum Gasteiger partial charge on any atom is -0.306 e. The smallest absolute Gasteiger partial charge is 0.0703 e. The third-order valence-electron chi connectivity index (χ3n) is 4.42. The summed E-state index contributed by atoms with van der Waals surface area (Å²) in [6.07, 6.45) is 6.25. The van der Waals surface area contributed by atoms with E-state index in [1.807, 2.05) is 0 Å². The van der Waals surface area contributed by atoms with E-state index in [1.165, 1.54) is 32.4 Å². The van der Waals surface area contributed by atoms with Crippen LogP contribution in [0.15, 0.2) is 0 Å². The van der Waals surface area contributed by atoms with Crippen molar-refractivity contribution >= 4 is 0 Å². The predicted octanol–water partition coefficient (Wildman–Crippen LogP) is 1.95. The molecule has 0 N–H and O–H groups in total. The fraction of sp³-hybridized carbons (Fsp3) is 0.929. The number of rotatable bonds is 5. The van der Waals surface area contributed by atoms with E-state index >= 15 is 0 Å². The Labute approximate surface area is 105 Å². The summed E-state index contributed by atoms with van der Waals surface area (Å²) < 4.78 is 0. The van der Waals surface area contributed by atoms with Crippen LogP contribution in [0.1, 0.15) is 32.1 Å². The monoisotopic (exact) mass is 235 g/mol. The van der Waals surface area contributed by atoms with Crippen LogP contribution in [0.4, 0.5) is 0 Å². The average Bonchev–Trinajstić information content (AvgIpc) is 3.09. The van der Waals surface area contributed by atoms with Gasteiger partial charge in [-0.15, -0.1) is 0 Å². The molecule has 1 aliphatic carbocycles. The first kappa shape index (κ1) is 12.9. The summed E-state index contributed by atoms with van der Waals surface area (Å²) in [4.78, 5) is 4.80. The van der Waals surface area contributed by atoms with Crippen molar-refractivity contribution in [2.24, 2.45) is 11.3 Å². The molecule has 2 aliphatic rings. The largest absolute Gasteiger partial charge is 0.306 e. The highest BCUT2D eigenvalue weighted by Gasteiger charge is 2.43. The van der Waals surface area contributed by atoms with Gasteiger partial charge < -0.3 is 9.80 Å². The van der Waals surface area contributed by atoms with Gasteiger partial charge in [0, 0.05) is 6.54 Å². The van der Waals surface area contributed by atoms with E-state index < -0.39 is 0 Å². The highest BCUT2D eigenvalue weighted by molar-refractivity contribution is 5.11. The Kier molecular flexibility index (Phi) is 4.06. The van der Waals surface area contributed by atoms with Crippen molar-refractivity contribution < 1.29 is 0 Å². The van der Waals surface area contributed by atoms with Crippen molar-refractivity contribution in [3.05, 3.63) is 0 Å². The number of hydrogen-bond acceptors (Lipinski definition) is 3. The van der Waals surface area contributed by atoms with Gasteiger partial charge in [-0.3, -0.25) is 0 Å². The lowest BCUT2D eigenvalue weighted by Gasteiger charge is -2.30. The molecule has 1 saturated carbocycles. The number of nitriles is 1. The van der Waals surface area contributed by atoms with E-state index in [0.29, 0.717) is 0 Å². The summed E-state index contributed by atoms with van der Waals surface area (Å²) in [5.74, 6) is 0.908. The first-order valence-corrected chi connectivity index (χ1v) is 6.92. The third kappa shape index (κ3) is 3.69. The molecule has 1 heterocycles. The molecule has 0 aromatic carbocycles. The highest BCUT2D eigenvalue weighted by atomic mass is 15.1. The van der Waals surface area contributed by atoms with Crippen LogP contribution >= 0.6 is 0 Å². The summed E-state index contributed by atoms with van der Waals surface area (Å²) in [5, 5.41) is 9.07. The van der Waals surface area contributed by atoms with Gasteiger partial charge >= 0.3 is 0 Å². The van der Waals surface area contributed by atoms with Gasteiger partial charge in [0.25, 0.3) is 0 Å². The molecule has 0 unspecified atom stereocenters. The van der Waals surface area contributed by atoms with Crippen LogP contribution in [0.2, 0.25) is 0 Å². The summed E-state index contributed by atoms with van der Waals surface area (Å²) in [6.45, 7) is 4.67. The summed E-state index contributed by atoms with van der Waals surface area (Å²) in [5.41, 5.74) is 0.0293. The number of piperidine rings is 1. The molecular weight excluding hydrogens is 210 g/mol. The number of nitrogens with zero attached hydrogens (tertiary/aromatic N) is 3. The lowest BCUT2D eigenvalue weighted by molar-refractivity contribution is 0.191. The maximum Gasteiger partial charge on any atom is 0.0703 e. The molecule has 96 valence electrons. The topological polar surface area (TPSA) is 30.3 Å². The molecule has 0 radical (unpaired) electrons. The Morgan fingerprint density at radius 2 is 2.00 bits per heavy atom. The van der Waals surface area contributed by atoms with Crippen LogP contribution in [0.25, 0.3) is 0 Å². The maximum absolute atomic E-state index is 9.07. The van der Waals surface area contributed by atoms with Crippen LogP contribution < -0.4 is 0 Å². The molecule has 17 heavy (non-hydrogen) atoms. The third-order valence-corrected chi connectivity index (χ3v) is 4.42. The molecule has 3 nitrogen and oxygen atoms in total. The molecule has 1 aliphatic heterocycles. The van der Waals surface area contributed by atoms with E-state index in [9.17, 15) is 0 Å². The Morgan fingerprint density at radius 3 is 2.53 bits per heavy atom. The van der Waals surface area contributed by atoms with Crippen molar-refractivity contribution in [1.82, 2.24) is 9.80 Å². The molecule has 0 aromatic heterocycles. The van der Waals surface area contributed by atoms with Crippen molar-refractivity contribution in [2.75, 3.05) is 40.3 Å². The molecule has 0 bridgehead atoms. The molecule has 0 atom stereocenters. The first-order chi connectivity index (χ1) is 8.13. The molecule has 0 amide bonds. The van der Waals surface area contributed by atoms with Gasteiger partial charge in [-0.25, -0.2) is 0 Å². The zero-order valence-electron chi connectivity index (χ0n) is 11.3. The highest BCUT2D eigenvalue weighted by Crippen LogP contribution is 2.45. The molecule has 3 heteroatoms. The minimum atomic E-state index is 0.0293. The SMILES string of the molecule is CN1CCC(CCN(C)CC2(C#N)CC2)CC1. The summed E-state index contributed by atoms with van der Waals surface area (Å²) >= 11 is 0. The zero-order valence-corrected chi connectivity index (χ0v) is 11.3. The number of hydrogen-bond donors (Lipinski definition) is 0. The van der Waals surface area contributed by atoms with Gasteiger partial charge in [0.15, 0.2) is 0 Å². The molecule has 1 saturated heterocycles. The van der Waals surface area contributed by atoms with Gasteiger partial charge in [-0.1, -0.05) is 0 Å². The van der Waals surface area contributed by atoms with E-state index in [1.54, 1.807) is 0 Å². The Bertz CT molecular complexity index is 282. The van der Waals surface area contributed by atoms with Crippen LogP contribution in [0.5, 0.6) is 0 Å². The van der Waals surface area contributed by atoms with Gasteiger partial charge in [0.2, 0.25) is 0 Å². The normalized spacial score (nSPS) is 24.8. The second-order valence-electron chi connectivity index (χ2n) is 6.17. The standard InChI is InChI=1S/C14H25N3/c1-16-8-3-13(4-9-16)5-10-17(2)12-14(11-15)6-7-14/h13H,3-10,12H2,1-2H3. The summed E-state index contributed by atoms with van der Waals surface area (Å²) in [6, 6.07) is 2.48. The van der Waals surface area contributed by atoms with Gasteiger partial charge in [0.05, 0.1) is 11.5 Å². The fourth-order valence-electron chi connectivity index (χ4n) is 2.81. The summed E-state index contributed by atoms with van der Waals surface area (Å²) in [7, 11) is 4.39. The molecule has 0 aromatic rings. The average molecular weight is 235 g/mol. The zero-order chi connectivity index (χ0) is 12.3. The van der Waals surface area contributed by atoms with Crippen molar-refractivity contribution in [3.8, 4) is 6.07 Å². The molecular formula is C14H25N3. The Hall–Kier alpha value is -0.590. The van der Waals surface area contributed by atoms with Gasteiger partial charge in [-0.05, 0) is 71.8 Å². The van der Waals surface area contributed by atoms with Crippen molar-refractivity contribution in [2.45, 2.75) is 32.1 Å². The quantitative estimate of drug-likeness (QED) is 0.729. The van der Waals surface area contributed by atoms with Crippen LogP contribution in [0, 0.1) is 22.7 Å². The molecule has 0 spiro atoms. The van der Waals surface area contributed by atoms with Gasteiger partial charge in [0.1, 0.15) is 0 Å². The lowest BCUT2D eigenvalue weighted by Crippen LogP contribution is -2.33. The lowest BCUT2D eigenvalue weighted by atomic mass is 9.93. The Morgan fingerprint density at radius 1 is 1.35 bits per heavy atom. The number of likely N-dealkylation sites (tertiary alicyclic amines) is 1. The minimum absolute atomic E-state index is 0.0293. The van der Waals surface area contributed by atoms with Crippen LogP contribution in [0.3, 0.4) is 0 Å². The Balaban J connectivity index is 1.63. The van der Waals surface area contributed by atoms with Crippen LogP contribution in [-0.2, 0) is 0 Å². The molecule has 2 rings (SSSR count). The predicted molar refractivity (Wildman–Crippen MR) is 69.6 cm³/mol. The van der Waals surface area contributed by atoms with E-state index in [-0.39, 0.29) is 5.41 Å². The van der Waals surface area contributed by atoms with Crippen molar-refractivity contribution in [3.63, 3.8) is 0 Å². The van der Waals surface area contributed by atoms with Gasteiger partial charge in [-0.2, -0.15) is 5.26 Å². The van der Waals surface area contributed by atoms with E-state index in [0.717, 1.165) is 31.8 Å².